The van der Waals surface area contributed by atoms with Gasteiger partial charge in [0.25, 0.3) is 0 Å². The lowest BCUT2D eigenvalue weighted by molar-refractivity contribution is 0.00839. The first-order valence-electron chi connectivity index (χ1n) is 7.64. The topological polar surface area (TPSA) is 61.5 Å². The van der Waals surface area contributed by atoms with E-state index in [4.69, 9.17) is 5.73 Å². The molecule has 0 aromatic heterocycles. The van der Waals surface area contributed by atoms with Gasteiger partial charge < -0.3 is 21.1 Å². The Bertz CT molecular complexity index is 679. The molecule has 1 unspecified atom stereocenters. The standard InChI is InChI=1S/C17H21F2N3O/c1-17(2,23)14-8-21-16-13(20)7-6-10(9-22(14)16)11-4-3-5-12(18)15(11)19/h3-7,10,14,21,23H,8-9,20H2,1-2H3/t10-,14?/m1/s1. The van der Waals surface area contributed by atoms with Crippen LogP contribution in [0.15, 0.2) is 41.9 Å². The molecule has 0 saturated carbocycles. The van der Waals surface area contributed by atoms with Crippen molar-refractivity contribution in [2.75, 3.05) is 13.1 Å². The number of nitrogens with two attached hydrogens (primary N) is 1. The lowest BCUT2D eigenvalue weighted by atomic mass is 9.94. The van der Waals surface area contributed by atoms with Crippen molar-refractivity contribution >= 4 is 0 Å². The van der Waals surface area contributed by atoms with Gasteiger partial charge in [-0.25, -0.2) is 8.78 Å². The molecule has 2 aliphatic rings. The Morgan fingerprint density at radius 3 is 2.78 bits per heavy atom. The third kappa shape index (κ3) is 2.79. The summed E-state index contributed by atoms with van der Waals surface area (Å²) in [4.78, 5) is 1.95. The molecule has 0 amide bonds. The zero-order valence-corrected chi connectivity index (χ0v) is 13.2. The van der Waals surface area contributed by atoms with Crippen LogP contribution in [0.4, 0.5) is 8.78 Å². The van der Waals surface area contributed by atoms with Gasteiger partial charge >= 0.3 is 0 Å². The van der Waals surface area contributed by atoms with Crippen LogP contribution in [0.25, 0.3) is 0 Å². The fourth-order valence-electron chi connectivity index (χ4n) is 3.26. The van der Waals surface area contributed by atoms with Crippen LogP contribution in [-0.4, -0.2) is 34.7 Å². The number of hydrogen-bond acceptors (Lipinski definition) is 4. The maximum Gasteiger partial charge on any atom is 0.162 e. The average Bonchev–Trinajstić information content (AvgIpc) is 2.83. The number of hydrogen-bond donors (Lipinski definition) is 3. The summed E-state index contributed by atoms with van der Waals surface area (Å²) in [5.74, 6) is -1.32. The number of aliphatic hydroxyl groups is 1. The molecule has 1 fully saturated rings. The molecule has 124 valence electrons. The van der Waals surface area contributed by atoms with Crippen molar-refractivity contribution < 1.29 is 13.9 Å². The van der Waals surface area contributed by atoms with E-state index >= 15 is 0 Å². The van der Waals surface area contributed by atoms with Crippen molar-refractivity contribution in [3.8, 4) is 0 Å². The number of nitrogens with one attached hydrogen (secondary N) is 1. The summed E-state index contributed by atoms with van der Waals surface area (Å²) in [6.07, 6.45) is 3.49. The summed E-state index contributed by atoms with van der Waals surface area (Å²) in [6.45, 7) is 4.42. The number of fused-ring (bicyclic) bond motifs is 1. The molecular weight excluding hydrogens is 300 g/mol. The molecule has 3 rings (SSSR count). The van der Waals surface area contributed by atoms with E-state index in [2.05, 4.69) is 5.32 Å². The Morgan fingerprint density at radius 1 is 1.35 bits per heavy atom. The Balaban J connectivity index is 1.98. The molecule has 2 atom stereocenters. The maximum absolute atomic E-state index is 14.2. The first-order valence-corrected chi connectivity index (χ1v) is 7.64. The molecule has 2 heterocycles. The van der Waals surface area contributed by atoms with Gasteiger partial charge in [0.15, 0.2) is 11.6 Å². The number of allylic oxidation sites excluding steroid dienone is 1. The molecule has 0 radical (unpaired) electrons. The van der Waals surface area contributed by atoms with Gasteiger partial charge in [-0.2, -0.15) is 0 Å². The highest BCUT2D eigenvalue weighted by Crippen LogP contribution is 2.33. The van der Waals surface area contributed by atoms with Crippen molar-refractivity contribution in [2.45, 2.75) is 31.4 Å². The van der Waals surface area contributed by atoms with E-state index in [9.17, 15) is 13.9 Å². The predicted octanol–water partition coefficient (Wildman–Crippen LogP) is 1.79. The van der Waals surface area contributed by atoms with Crippen molar-refractivity contribution in [2.24, 2.45) is 5.73 Å². The molecule has 1 aromatic carbocycles. The highest BCUT2D eigenvalue weighted by Gasteiger charge is 2.40. The Hall–Kier alpha value is -2.08. The zero-order valence-electron chi connectivity index (χ0n) is 13.2. The molecule has 1 aromatic rings. The van der Waals surface area contributed by atoms with Crippen molar-refractivity contribution in [3.63, 3.8) is 0 Å². The maximum atomic E-state index is 14.2. The van der Waals surface area contributed by atoms with Gasteiger partial charge in [-0.1, -0.05) is 18.2 Å². The Kier molecular flexibility index (Phi) is 3.80. The Morgan fingerprint density at radius 2 is 2.09 bits per heavy atom. The van der Waals surface area contributed by atoms with Crippen LogP contribution in [-0.2, 0) is 0 Å². The van der Waals surface area contributed by atoms with Crippen LogP contribution in [0.1, 0.15) is 25.3 Å². The minimum Gasteiger partial charge on any atom is -0.396 e. The third-order valence-corrected chi connectivity index (χ3v) is 4.50. The van der Waals surface area contributed by atoms with E-state index in [0.29, 0.717) is 18.8 Å². The van der Waals surface area contributed by atoms with E-state index in [-0.39, 0.29) is 17.5 Å². The van der Waals surface area contributed by atoms with Crippen molar-refractivity contribution in [1.29, 1.82) is 0 Å². The molecule has 0 spiro atoms. The van der Waals surface area contributed by atoms with Crippen molar-refractivity contribution in [3.05, 3.63) is 59.1 Å². The molecule has 23 heavy (non-hydrogen) atoms. The smallest absolute Gasteiger partial charge is 0.162 e. The molecule has 4 N–H and O–H groups in total. The molecule has 2 aliphatic heterocycles. The second-order valence-corrected chi connectivity index (χ2v) is 6.62. The van der Waals surface area contributed by atoms with Crippen LogP contribution in [0.3, 0.4) is 0 Å². The highest BCUT2D eigenvalue weighted by molar-refractivity contribution is 5.34. The number of benzene rings is 1. The predicted molar refractivity (Wildman–Crippen MR) is 84.2 cm³/mol. The first kappa shape index (κ1) is 15.8. The van der Waals surface area contributed by atoms with Crippen molar-refractivity contribution in [1.82, 2.24) is 10.2 Å². The molecule has 6 heteroatoms. The quantitative estimate of drug-likeness (QED) is 0.777. The monoisotopic (exact) mass is 321 g/mol. The summed E-state index contributed by atoms with van der Waals surface area (Å²) in [5.41, 5.74) is 5.93. The summed E-state index contributed by atoms with van der Waals surface area (Å²) >= 11 is 0. The van der Waals surface area contributed by atoms with Gasteiger partial charge in [-0.3, -0.25) is 0 Å². The second kappa shape index (κ2) is 5.53. The minimum absolute atomic E-state index is 0.199. The fraction of sp³-hybridized carbons (Fsp3) is 0.412. The zero-order chi connectivity index (χ0) is 16.8. The molecular formula is C17H21F2N3O. The third-order valence-electron chi connectivity index (χ3n) is 4.50. The first-order chi connectivity index (χ1) is 10.8. The number of halogens is 2. The van der Waals surface area contributed by atoms with Gasteiger partial charge in [-0.15, -0.1) is 0 Å². The van der Waals surface area contributed by atoms with E-state index in [1.807, 2.05) is 4.90 Å². The van der Waals surface area contributed by atoms with E-state index in [1.165, 1.54) is 6.07 Å². The van der Waals surface area contributed by atoms with Gasteiger partial charge in [0.1, 0.15) is 5.82 Å². The lowest BCUT2D eigenvalue weighted by Gasteiger charge is -2.35. The Labute approximate surface area is 134 Å². The van der Waals surface area contributed by atoms with Gasteiger partial charge in [0.05, 0.1) is 17.3 Å². The van der Waals surface area contributed by atoms with Crippen LogP contribution in [0, 0.1) is 11.6 Å². The summed E-state index contributed by atoms with van der Waals surface area (Å²) in [6, 6.07) is 3.99. The number of rotatable bonds is 2. The van der Waals surface area contributed by atoms with Gasteiger partial charge in [-0.05, 0) is 31.6 Å². The fourth-order valence-corrected chi connectivity index (χ4v) is 3.26. The molecule has 4 nitrogen and oxygen atoms in total. The normalized spacial score (nSPS) is 24.5. The molecule has 0 aliphatic carbocycles. The lowest BCUT2D eigenvalue weighted by Crippen LogP contribution is -2.48. The highest BCUT2D eigenvalue weighted by atomic mass is 19.2. The number of nitrogens with zero attached hydrogens (tertiary/aromatic N) is 1. The van der Waals surface area contributed by atoms with Gasteiger partial charge in [0.2, 0.25) is 0 Å². The van der Waals surface area contributed by atoms with Crippen LogP contribution < -0.4 is 11.1 Å². The second-order valence-electron chi connectivity index (χ2n) is 6.62. The summed E-state index contributed by atoms with van der Waals surface area (Å²) in [7, 11) is 0. The van der Waals surface area contributed by atoms with E-state index < -0.39 is 17.2 Å². The van der Waals surface area contributed by atoms with Crippen LogP contribution >= 0.6 is 0 Å². The minimum atomic E-state index is -0.954. The summed E-state index contributed by atoms with van der Waals surface area (Å²) < 4.78 is 27.7. The van der Waals surface area contributed by atoms with E-state index in [0.717, 1.165) is 11.9 Å². The summed E-state index contributed by atoms with van der Waals surface area (Å²) in [5, 5.41) is 13.6. The largest absolute Gasteiger partial charge is 0.396 e. The van der Waals surface area contributed by atoms with Gasteiger partial charge in [0, 0.05) is 19.0 Å². The molecule has 1 saturated heterocycles. The van der Waals surface area contributed by atoms with E-state index in [1.54, 1.807) is 32.1 Å². The SMILES string of the molecule is CC(C)(O)C1CNC2=C(N)C=C[C@@H](c3cccc(F)c3F)CN21. The average molecular weight is 321 g/mol. The van der Waals surface area contributed by atoms with Crippen LogP contribution in [0.2, 0.25) is 0 Å². The van der Waals surface area contributed by atoms with Crippen LogP contribution in [0.5, 0.6) is 0 Å². The molecule has 0 bridgehead atoms.